The van der Waals surface area contributed by atoms with Crippen LogP contribution < -0.4 is 15.4 Å². The lowest BCUT2D eigenvalue weighted by atomic mass is 9.79. The second-order valence-corrected chi connectivity index (χ2v) is 7.72. The standard InChI is InChI=1S/C18H25N3O2/c1-17(2)9-14(10-18(3,4)21-17)20-16(22)12-23-15-7-5-13(11-19)6-8-15/h5-8,14,21H,9-10,12H2,1-4H3,(H,20,22)/p+1. The molecule has 1 fully saturated rings. The van der Waals surface area contributed by atoms with Crippen molar-refractivity contribution in [1.82, 2.24) is 5.32 Å². The highest BCUT2D eigenvalue weighted by atomic mass is 16.5. The molecule has 0 aliphatic carbocycles. The molecular weight excluding hydrogens is 290 g/mol. The molecule has 0 aromatic heterocycles. The Morgan fingerprint density at radius 2 is 1.83 bits per heavy atom. The number of nitriles is 1. The Morgan fingerprint density at radius 3 is 2.35 bits per heavy atom. The molecule has 1 aliphatic heterocycles. The molecule has 0 atom stereocenters. The molecule has 2 rings (SSSR count). The van der Waals surface area contributed by atoms with Crippen molar-refractivity contribution in [2.75, 3.05) is 6.61 Å². The first-order chi connectivity index (χ1) is 10.7. The number of ether oxygens (including phenoxy) is 1. The molecule has 124 valence electrons. The molecule has 5 heteroatoms. The van der Waals surface area contributed by atoms with Gasteiger partial charge in [0.1, 0.15) is 5.75 Å². The molecule has 0 spiro atoms. The Labute approximate surface area is 138 Å². The number of amides is 1. The SMILES string of the molecule is CC1(C)CC(NC(=O)COc2ccc(C#N)cc2)CC(C)(C)[NH2+]1. The zero-order chi connectivity index (χ0) is 17.1. The minimum absolute atomic E-state index is 0.00697. The molecule has 5 nitrogen and oxygen atoms in total. The Kier molecular flexibility index (Phi) is 4.96. The Morgan fingerprint density at radius 1 is 1.26 bits per heavy atom. The first-order valence-electron chi connectivity index (χ1n) is 7.99. The number of benzene rings is 1. The van der Waals surface area contributed by atoms with E-state index in [0.717, 1.165) is 12.8 Å². The zero-order valence-corrected chi connectivity index (χ0v) is 14.3. The van der Waals surface area contributed by atoms with E-state index in [-0.39, 0.29) is 29.6 Å². The molecule has 1 amide bonds. The van der Waals surface area contributed by atoms with E-state index < -0.39 is 0 Å². The van der Waals surface area contributed by atoms with Gasteiger partial charge in [-0.3, -0.25) is 4.79 Å². The summed E-state index contributed by atoms with van der Waals surface area (Å²) in [4.78, 5) is 12.1. The largest absolute Gasteiger partial charge is 0.484 e. The van der Waals surface area contributed by atoms with Crippen molar-refractivity contribution in [2.24, 2.45) is 0 Å². The Bertz CT molecular complexity index is 584. The number of rotatable bonds is 4. The van der Waals surface area contributed by atoms with Crippen molar-refractivity contribution in [2.45, 2.75) is 57.7 Å². The van der Waals surface area contributed by atoms with E-state index in [9.17, 15) is 4.79 Å². The topological polar surface area (TPSA) is 78.7 Å². The van der Waals surface area contributed by atoms with Gasteiger partial charge in [0.15, 0.2) is 6.61 Å². The number of carbonyl (C=O) groups is 1. The van der Waals surface area contributed by atoms with Crippen LogP contribution in [-0.2, 0) is 4.79 Å². The van der Waals surface area contributed by atoms with Crippen LogP contribution in [0.4, 0.5) is 0 Å². The van der Waals surface area contributed by atoms with Crippen LogP contribution in [-0.4, -0.2) is 29.6 Å². The lowest BCUT2D eigenvalue weighted by Crippen LogP contribution is -3.06. The van der Waals surface area contributed by atoms with Gasteiger partial charge in [0.05, 0.1) is 22.7 Å². The van der Waals surface area contributed by atoms with Crippen LogP contribution in [0, 0.1) is 11.3 Å². The molecule has 1 aromatic carbocycles. The Hall–Kier alpha value is -2.06. The van der Waals surface area contributed by atoms with Gasteiger partial charge < -0.3 is 15.4 Å². The van der Waals surface area contributed by atoms with Gasteiger partial charge in [-0.25, -0.2) is 0 Å². The lowest BCUT2D eigenvalue weighted by Gasteiger charge is -2.43. The summed E-state index contributed by atoms with van der Waals surface area (Å²) >= 11 is 0. The molecule has 0 radical (unpaired) electrons. The fraction of sp³-hybridized carbons (Fsp3) is 0.556. The molecule has 0 unspecified atom stereocenters. The number of nitrogens with one attached hydrogen (secondary N) is 1. The first kappa shape index (κ1) is 17.3. The first-order valence-corrected chi connectivity index (χ1v) is 7.99. The van der Waals surface area contributed by atoms with Crippen LogP contribution in [0.1, 0.15) is 46.1 Å². The number of nitrogens with two attached hydrogens (primary N) is 1. The summed E-state index contributed by atoms with van der Waals surface area (Å²) < 4.78 is 5.48. The minimum atomic E-state index is -0.104. The summed E-state index contributed by atoms with van der Waals surface area (Å²) in [6, 6.07) is 8.98. The molecule has 1 aromatic rings. The van der Waals surface area contributed by atoms with Crippen molar-refractivity contribution in [3.05, 3.63) is 29.8 Å². The summed E-state index contributed by atoms with van der Waals surface area (Å²) in [5.41, 5.74) is 0.811. The average Bonchev–Trinajstić information content (AvgIpc) is 2.42. The van der Waals surface area contributed by atoms with Gasteiger partial charge in [0.25, 0.3) is 5.91 Å². The van der Waals surface area contributed by atoms with Gasteiger partial charge in [-0.15, -0.1) is 0 Å². The quantitative estimate of drug-likeness (QED) is 0.880. The van der Waals surface area contributed by atoms with Gasteiger partial charge in [-0.05, 0) is 52.0 Å². The summed E-state index contributed by atoms with van der Waals surface area (Å²) in [5, 5.41) is 14.2. The third-order valence-corrected chi connectivity index (χ3v) is 4.04. The predicted octanol–water partition coefficient (Wildman–Crippen LogP) is 1.34. The van der Waals surface area contributed by atoms with Gasteiger partial charge >= 0.3 is 0 Å². The second-order valence-electron chi connectivity index (χ2n) is 7.72. The van der Waals surface area contributed by atoms with Gasteiger partial charge in [-0.1, -0.05) is 0 Å². The average molecular weight is 316 g/mol. The van der Waals surface area contributed by atoms with Crippen molar-refractivity contribution in [3.63, 3.8) is 0 Å². The zero-order valence-electron chi connectivity index (χ0n) is 14.3. The van der Waals surface area contributed by atoms with Gasteiger partial charge in [0, 0.05) is 18.9 Å². The second kappa shape index (κ2) is 6.59. The van der Waals surface area contributed by atoms with Crippen LogP contribution in [0.2, 0.25) is 0 Å². The molecule has 1 saturated heterocycles. The fourth-order valence-electron chi connectivity index (χ4n) is 3.66. The Balaban J connectivity index is 1.85. The van der Waals surface area contributed by atoms with E-state index in [1.807, 2.05) is 0 Å². The van der Waals surface area contributed by atoms with Crippen molar-refractivity contribution in [3.8, 4) is 11.8 Å². The van der Waals surface area contributed by atoms with E-state index in [1.54, 1.807) is 24.3 Å². The molecule has 1 aliphatic rings. The van der Waals surface area contributed by atoms with E-state index in [4.69, 9.17) is 10.00 Å². The van der Waals surface area contributed by atoms with E-state index in [0.29, 0.717) is 11.3 Å². The smallest absolute Gasteiger partial charge is 0.258 e. The monoisotopic (exact) mass is 316 g/mol. The molecular formula is C18H26N3O2+. The molecule has 0 saturated carbocycles. The van der Waals surface area contributed by atoms with Crippen molar-refractivity contribution < 1.29 is 14.8 Å². The fourth-order valence-corrected chi connectivity index (χ4v) is 3.66. The summed E-state index contributed by atoms with van der Waals surface area (Å²) in [7, 11) is 0. The highest BCUT2D eigenvalue weighted by Crippen LogP contribution is 2.21. The number of piperidine rings is 1. The maximum Gasteiger partial charge on any atom is 0.258 e. The number of carbonyl (C=O) groups excluding carboxylic acids is 1. The van der Waals surface area contributed by atoms with E-state index >= 15 is 0 Å². The minimum Gasteiger partial charge on any atom is -0.484 e. The predicted molar refractivity (Wildman–Crippen MR) is 87.9 cm³/mol. The number of quaternary nitrogens is 1. The maximum absolute atomic E-state index is 12.1. The summed E-state index contributed by atoms with van der Waals surface area (Å²) in [6.07, 6.45) is 1.89. The van der Waals surface area contributed by atoms with E-state index in [2.05, 4.69) is 44.4 Å². The van der Waals surface area contributed by atoms with Gasteiger partial charge in [-0.2, -0.15) is 5.26 Å². The molecule has 1 heterocycles. The van der Waals surface area contributed by atoms with Crippen molar-refractivity contribution >= 4 is 5.91 Å². The molecule has 23 heavy (non-hydrogen) atoms. The highest BCUT2D eigenvalue weighted by Gasteiger charge is 2.42. The van der Waals surface area contributed by atoms with E-state index in [1.165, 1.54) is 0 Å². The van der Waals surface area contributed by atoms with Crippen LogP contribution in [0.15, 0.2) is 24.3 Å². The third kappa shape index (κ3) is 5.26. The number of nitrogens with zero attached hydrogens (tertiary/aromatic N) is 1. The highest BCUT2D eigenvalue weighted by molar-refractivity contribution is 5.77. The van der Waals surface area contributed by atoms with Crippen LogP contribution in [0.3, 0.4) is 0 Å². The molecule has 3 N–H and O–H groups in total. The summed E-state index contributed by atoms with van der Waals surface area (Å²) in [6.45, 7) is 8.83. The van der Waals surface area contributed by atoms with Crippen LogP contribution in [0.25, 0.3) is 0 Å². The van der Waals surface area contributed by atoms with Crippen LogP contribution in [0.5, 0.6) is 5.75 Å². The summed E-state index contributed by atoms with van der Waals surface area (Å²) in [5.74, 6) is 0.490. The van der Waals surface area contributed by atoms with Crippen molar-refractivity contribution in [1.29, 1.82) is 5.26 Å². The van der Waals surface area contributed by atoms with Gasteiger partial charge in [0.2, 0.25) is 0 Å². The van der Waals surface area contributed by atoms with Crippen LogP contribution >= 0.6 is 0 Å². The lowest BCUT2D eigenvalue weighted by molar-refractivity contribution is -0.787. The third-order valence-electron chi connectivity index (χ3n) is 4.04. The number of hydrogen-bond donors (Lipinski definition) is 2. The number of hydrogen-bond acceptors (Lipinski definition) is 3. The normalized spacial score (nSPS) is 19.6. The molecule has 0 bridgehead atoms. The maximum atomic E-state index is 12.1.